The maximum atomic E-state index is 11.5. The first-order valence-electron chi connectivity index (χ1n) is 3.82. The fourth-order valence-electron chi connectivity index (χ4n) is 0.831. The predicted octanol–water partition coefficient (Wildman–Crippen LogP) is 1.86. The van der Waals surface area contributed by atoms with Gasteiger partial charge in [-0.05, 0) is 0 Å². The van der Waals surface area contributed by atoms with Crippen molar-refractivity contribution >= 4 is 11.6 Å². The van der Waals surface area contributed by atoms with Gasteiger partial charge in [0.1, 0.15) is 0 Å². The molecule has 0 aliphatic heterocycles. The molecule has 0 radical (unpaired) electrons. The van der Waals surface area contributed by atoms with Crippen molar-refractivity contribution in [1.82, 2.24) is 0 Å². The Morgan fingerprint density at radius 2 is 1.46 bits per heavy atom. The van der Waals surface area contributed by atoms with Gasteiger partial charge in [0.2, 0.25) is 0 Å². The van der Waals surface area contributed by atoms with Crippen LogP contribution in [0.4, 0.5) is 0 Å². The molecule has 0 saturated carbocycles. The Kier molecular flexibility index (Phi) is 5.08. The second kappa shape index (κ2) is 5.28. The summed E-state index contributed by atoms with van der Waals surface area (Å²) in [6.07, 6.45) is 0. The summed E-state index contributed by atoms with van der Waals surface area (Å²) in [4.78, 5) is 23.4. The van der Waals surface area contributed by atoms with Crippen molar-refractivity contribution in [3.63, 3.8) is 0 Å². The number of allylic oxidation sites excluding steroid dienone is 2. The van der Waals surface area contributed by atoms with Crippen molar-refractivity contribution in [1.29, 1.82) is 0 Å². The van der Waals surface area contributed by atoms with Crippen molar-refractivity contribution < 1.29 is 29.4 Å². The second-order valence-electron chi connectivity index (χ2n) is 2.97. The summed E-state index contributed by atoms with van der Waals surface area (Å²) < 4.78 is 0. The van der Waals surface area contributed by atoms with Gasteiger partial charge >= 0.3 is 89.8 Å². The molecule has 0 unspecified atom stereocenters. The molecule has 13 heavy (non-hydrogen) atoms. The summed E-state index contributed by atoms with van der Waals surface area (Å²) in [6, 6.07) is 0. The molecule has 0 aromatic heterocycles. The number of Topliss-reactive ketones (excluding diaryl/α,β-unsaturated/α-hetero) is 2. The number of carbonyl (C=O) groups excluding carboxylic acids is 2. The molecule has 0 amide bonds. The van der Waals surface area contributed by atoms with Gasteiger partial charge in [-0.2, -0.15) is 0 Å². The van der Waals surface area contributed by atoms with E-state index in [9.17, 15) is 9.59 Å². The van der Waals surface area contributed by atoms with Crippen molar-refractivity contribution in [2.75, 3.05) is 0 Å². The number of ketones is 2. The van der Waals surface area contributed by atoms with Crippen LogP contribution in [0.25, 0.3) is 0 Å². The molecule has 0 aromatic carbocycles. The van der Waals surface area contributed by atoms with Gasteiger partial charge in [0.05, 0.1) is 0 Å². The molecule has 0 aliphatic rings. The van der Waals surface area contributed by atoms with E-state index in [0.29, 0.717) is 16.0 Å². The second-order valence-corrected chi connectivity index (χ2v) is 3.90. The summed E-state index contributed by atoms with van der Waals surface area (Å²) in [5.41, 5.74) is 0.855. The predicted molar refractivity (Wildman–Crippen MR) is 47.9 cm³/mol. The van der Waals surface area contributed by atoms with Crippen LogP contribution in [0.3, 0.4) is 0 Å². The molecule has 0 aliphatic carbocycles. The van der Waals surface area contributed by atoms with E-state index in [1.807, 2.05) is 19.8 Å². The van der Waals surface area contributed by atoms with E-state index in [1.54, 1.807) is 13.8 Å². The van der Waals surface area contributed by atoms with Crippen LogP contribution in [0.2, 0.25) is 4.81 Å². The third-order valence-electron chi connectivity index (χ3n) is 1.60. The van der Waals surface area contributed by atoms with Crippen LogP contribution in [0.15, 0.2) is 24.3 Å². The molecule has 0 atom stereocenters. The fourth-order valence-corrected chi connectivity index (χ4v) is 1.67. The van der Waals surface area contributed by atoms with Crippen LogP contribution in [0.5, 0.6) is 0 Å². The van der Waals surface area contributed by atoms with Crippen LogP contribution in [0, 0.1) is 5.92 Å². The number of hydrogen-bond acceptors (Lipinski definition) is 2. The van der Waals surface area contributed by atoms with Gasteiger partial charge in [0, 0.05) is 0 Å². The Morgan fingerprint density at radius 1 is 1.15 bits per heavy atom. The number of carbonyl (C=O) groups is 2. The van der Waals surface area contributed by atoms with Gasteiger partial charge in [-0.25, -0.2) is 0 Å². The Bertz CT molecular complexity index is 240. The summed E-state index contributed by atoms with van der Waals surface area (Å²) in [5, 5.41) is 0. The van der Waals surface area contributed by atoms with Gasteiger partial charge in [-0.3, -0.25) is 0 Å². The van der Waals surface area contributed by atoms with Crippen LogP contribution in [-0.4, -0.2) is 11.6 Å². The molecule has 0 saturated heterocycles. The van der Waals surface area contributed by atoms with Gasteiger partial charge in [-0.15, -0.1) is 0 Å². The monoisotopic (exact) mass is 360 g/mol. The molecule has 0 rings (SSSR count). The van der Waals surface area contributed by atoms with E-state index in [4.69, 9.17) is 0 Å². The molecule has 0 N–H and O–H groups in total. The summed E-state index contributed by atoms with van der Waals surface area (Å²) >= 11 is 2.01. The first kappa shape index (κ1) is 12.5. The first-order chi connectivity index (χ1) is 5.91. The van der Waals surface area contributed by atoms with Gasteiger partial charge in [0.15, 0.2) is 0 Å². The van der Waals surface area contributed by atoms with E-state index in [-0.39, 0.29) is 11.6 Å². The SMILES string of the molecule is C=C(C)C(=O)C([CH2][Pt])C(=O)C(=C)C. The maximum absolute atomic E-state index is 11.5. The summed E-state index contributed by atoms with van der Waals surface area (Å²) in [5.74, 6) is -0.942. The number of hydrogen-bond donors (Lipinski definition) is 0. The molecule has 3 heteroatoms. The molecule has 0 heterocycles. The van der Waals surface area contributed by atoms with E-state index >= 15 is 0 Å². The van der Waals surface area contributed by atoms with Crippen LogP contribution in [-0.2, 0) is 29.4 Å². The van der Waals surface area contributed by atoms with Gasteiger partial charge in [0.25, 0.3) is 0 Å². The average Bonchev–Trinajstić information content (AvgIpc) is 2.04. The third kappa shape index (κ3) is 3.39. The average molecular weight is 360 g/mol. The minimum absolute atomic E-state index is 0.178. The third-order valence-corrected chi connectivity index (χ3v) is 2.53. The topological polar surface area (TPSA) is 34.1 Å². The molecule has 2 nitrogen and oxygen atoms in total. The quantitative estimate of drug-likeness (QED) is 0.554. The Morgan fingerprint density at radius 3 is 1.62 bits per heavy atom. The molecule has 0 fully saturated rings. The zero-order valence-electron chi connectivity index (χ0n) is 7.83. The van der Waals surface area contributed by atoms with E-state index in [0.717, 1.165) is 0 Å². The first-order valence-corrected chi connectivity index (χ1v) is 5.43. The molecule has 0 bridgehead atoms. The standard InChI is InChI=1S/C10H13O2.Pt/c1-6(2)9(11)8(5)10(12)7(3)4;/h8H,1,3,5H2,2,4H3;. The van der Waals surface area contributed by atoms with Gasteiger partial charge < -0.3 is 0 Å². The molecule has 75 valence electrons. The van der Waals surface area contributed by atoms with E-state index < -0.39 is 5.92 Å². The van der Waals surface area contributed by atoms with Crippen LogP contribution in [0.1, 0.15) is 13.8 Å². The zero-order valence-corrected chi connectivity index (χ0v) is 10.1. The Hall–Kier alpha value is -0.492. The van der Waals surface area contributed by atoms with Crippen molar-refractivity contribution in [2.45, 2.75) is 18.7 Å². The Balaban J connectivity index is 4.71. The van der Waals surface area contributed by atoms with Crippen molar-refractivity contribution in [2.24, 2.45) is 5.92 Å². The van der Waals surface area contributed by atoms with E-state index in [2.05, 4.69) is 13.2 Å². The van der Waals surface area contributed by atoms with Crippen LogP contribution < -0.4 is 0 Å². The van der Waals surface area contributed by atoms with Crippen molar-refractivity contribution in [3.8, 4) is 0 Å². The number of rotatable bonds is 5. The summed E-state index contributed by atoms with van der Waals surface area (Å²) in [7, 11) is 0. The van der Waals surface area contributed by atoms with Crippen LogP contribution >= 0.6 is 0 Å². The van der Waals surface area contributed by atoms with Gasteiger partial charge in [-0.1, -0.05) is 0 Å². The molecular formula is C10H13O2Pt. The molecule has 0 spiro atoms. The molecular weight excluding hydrogens is 347 g/mol. The van der Waals surface area contributed by atoms with E-state index in [1.165, 1.54) is 0 Å². The minimum atomic E-state index is -0.586. The van der Waals surface area contributed by atoms with Crippen molar-refractivity contribution in [3.05, 3.63) is 24.3 Å². The fraction of sp³-hybridized carbons (Fsp3) is 0.400. The molecule has 0 aromatic rings. The zero-order chi connectivity index (χ0) is 10.6. The summed E-state index contributed by atoms with van der Waals surface area (Å²) in [6.45, 7) is 10.3. The Labute approximate surface area is 90.0 Å². The normalized spacial score (nSPS) is 9.92.